The highest BCUT2D eigenvalue weighted by molar-refractivity contribution is 5.92. The molecule has 4 rings (SSSR count). The van der Waals surface area contributed by atoms with Gasteiger partial charge in [-0.05, 0) is 44.1 Å². The first-order valence-electron chi connectivity index (χ1n) is 8.47. The maximum absolute atomic E-state index is 12.5. The molecule has 0 saturated carbocycles. The normalized spacial score (nSPS) is 18.8. The molecule has 2 aromatic carbocycles. The van der Waals surface area contributed by atoms with Gasteiger partial charge in [0.1, 0.15) is 0 Å². The Morgan fingerprint density at radius 2 is 1.71 bits per heavy atom. The van der Waals surface area contributed by atoms with Crippen LogP contribution in [0.15, 0.2) is 54.6 Å². The Morgan fingerprint density at radius 1 is 1.00 bits per heavy atom. The lowest BCUT2D eigenvalue weighted by Crippen LogP contribution is -2.51. The predicted molar refractivity (Wildman–Crippen MR) is 97.6 cm³/mol. The predicted octanol–water partition coefficient (Wildman–Crippen LogP) is 4.17. The summed E-state index contributed by atoms with van der Waals surface area (Å²) in [5, 5.41) is 4.07. The van der Waals surface area contributed by atoms with E-state index in [4.69, 9.17) is 0 Å². The van der Waals surface area contributed by atoms with Gasteiger partial charge in [-0.2, -0.15) is 0 Å². The van der Waals surface area contributed by atoms with Crippen molar-refractivity contribution in [1.29, 1.82) is 0 Å². The lowest BCUT2D eigenvalue weighted by molar-refractivity contribution is -0.131. The Bertz CT molecular complexity index is 833. The summed E-state index contributed by atoms with van der Waals surface area (Å²) >= 11 is 0. The van der Waals surface area contributed by atoms with Gasteiger partial charge in [-0.3, -0.25) is 9.80 Å². The van der Waals surface area contributed by atoms with Crippen molar-refractivity contribution in [1.82, 2.24) is 5.01 Å². The fraction of sp³-hybridized carbons (Fsp3) is 0.286. The summed E-state index contributed by atoms with van der Waals surface area (Å²) in [6.45, 7) is 7.07. The van der Waals surface area contributed by atoms with Gasteiger partial charge in [0.2, 0.25) is 5.91 Å². The van der Waals surface area contributed by atoms with Crippen LogP contribution in [0.4, 0.5) is 5.69 Å². The second-order valence-corrected chi connectivity index (χ2v) is 7.17. The lowest BCUT2D eigenvalue weighted by atomic mass is 9.91. The van der Waals surface area contributed by atoms with Crippen LogP contribution in [-0.4, -0.2) is 23.0 Å². The molecule has 2 heterocycles. The molecule has 2 aromatic rings. The van der Waals surface area contributed by atoms with Crippen LogP contribution >= 0.6 is 0 Å². The third-order valence-electron chi connectivity index (χ3n) is 4.89. The standard InChI is InChI=1S/C21H22N2O/c1-15-8-10-16(11-9-15)18-14-21(2,3)23-20(24)12-13-22(23)19-7-5-4-6-17(18)19/h4-11,14H,12-13H2,1-3H3. The van der Waals surface area contributed by atoms with Gasteiger partial charge in [-0.15, -0.1) is 0 Å². The highest BCUT2D eigenvalue weighted by Crippen LogP contribution is 2.41. The topological polar surface area (TPSA) is 23.6 Å². The molecule has 122 valence electrons. The first-order valence-corrected chi connectivity index (χ1v) is 8.47. The number of carbonyl (C=O) groups is 1. The number of hydrogen-bond acceptors (Lipinski definition) is 2. The lowest BCUT2D eigenvalue weighted by Gasteiger charge is -2.39. The van der Waals surface area contributed by atoms with E-state index < -0.39 is 0 Å². The van der Waals surface area contributed by atoms with Crippen molar-refractivity contribution >= 4 is 17.2 Å². The van der Waals surface area contributed by atoms with Crippen LogP contribution in [0.25, 0.3) is 5.57 Å². The molecule has 0 bridgehead atoms. The van der Waals surface area contributed by atoms with Gasteiger partial charge in [-0.25, -0.2) is 5.01 Å². The molecule has 0 spiro atoms. The van der Waals surface area contributed by atoms with E-state index in [1.807, 2.05) is 11.1 Å². The van der Waals surface area contributed by atoms with Gasteiger partial charge in [0.15, 0.2) is 0 Å². The Kier molecular flexibility index (Phi) is 3.27. The number of rotatable bonds is 1. The molecular weight excluding hydrogens is 296 g/mol. The van der Waals surface area contributed by atoms with Crippen molar-refractivity contribution in [2.24, 2.45) is 0 Å². The molecule has 1 amide bonds. The molecular formula is C21H22N2O. The Labute approximate surface area is 143 Å². The van der Waals surface area contributed by atoms with Crippen molar-refractivity contribution in [3.63, 3.8) is 0 Å². The molecule has 1 saturated heterocycles. The number of amides is 1. The summed E-state index contributed by atoms with van der Waals surface area (Å²) in [5.41, 5.74) is 5.56. The summed E-state index contributed by atoms with van der Waals surface area (Å²) in [6, 6.07) is 17.0. The minimum absolute atomic E-state index is 0.191. The summed E-state index contributed by atoms with van der Waals surface area (Å²) < 4.78 is 0. The van der Waals surface area contributed by atoms with Crippen LogP contribution in [0.5, 0.6) is 0 Å². The van der Waals surface area contributed by atoms with Crippen molar-refractivity contribution in [3.05, 3.63) is 71.3 Å². The number of para-hydroxylation sites is 1. The van der Waals surface area contributed by atoms with Crippen LogP contribution in [-0.2, 0) is 4.79 Å². The first-order chi connectivity index (χ1) is 11.5. The second-order valence-electron chi connectivity index (χ2n) is 7.17. The fourth-order valence-electron chi connectivity index (χ4n) is 3.79. The zero-order valence-electron chi connectivity index (χ0n) is 14.4. The van der Waals surface area contributed by atoms with Crippen molar-refractivity contribution in [2.45, 2.75) is 32.7 Å². The molecule has 3 nitrogen and oxygen atoms in total. The monoisotopic (exact) mass is 318 g/mol. The molecule has 0 radical (unpaired) electrons. The van der Waals surface area contributed by atoms with Gasteiger partial charge in [0.05, 0.1) is 11.2 Å². The Morgan fingerprint density at radius 3 is 2.46 bits per heavy atom. The maximum Gasteiger partial charge on any atom is 0.243 e. The quantitative estimate of drug-likeness (QED) is 0.788. The SMILES string of the molecule is Cc1ccc(C2=CC(C)(C)N3C(=O)CCN3c3ccccc32)cc1. The van der Waals surface area contributed by atoms with E-state index in [1.165, 1.54) is 22.3 Å². The number of aryl methyl sites for hydroxylation is 1. The summed E-state index contributed by atoms with van der Waals surface area (Å²) in [5.74, 6) is 0.191. The van der Waals surface area contributed by atoms with Crippen LogP contribution < -0.4 is 5.01 Å². The molecule has 0 atom stereocenters. The maximum atomic E-state index is 12.5. The van der Waals surface area contributed by atoms with Gasteiger partial charge in [0.25, 0.3) is 0 Å². The summed E-state index contributed by atoms with van der Waals surface area (Å²) in [4.78, 5) is 12.5. The fourth-order valence-corrected chi connectivity index (χ4v) is 3.79. The number of hydrazine groups is 1. The van der Waals surface area contributed by atoms with E-state index in [-0.39, 0.29) is 11.4 Å². The number of hydrogen-bond donors (Lipinski definition) is 0. The van der Waals surface area contributed by atoms with Crippen LogP contribution in [0.3, 0.4) is 0 Å². The van der Waals surface area contributed by atoms with Gasteiger partial charge in [0, 0.05) is 18.5 Å². The number of fused-ring (bicyclic) bond motifs is 3. The van der Waals surface area contributed by atoms with Gasteiger partial charge in [-0.1, -0.05) is 48.0 Å². The third kappa shape index (κ3) is 2.23. The number of benzene rings is 2. The minimum atomic E-state index is -0.368. The molecule has 2 aliphatic rings. The zero-order chi connectivity index (χ0) is 16.9. The van der Waals surface area contributed by atoms with Crippen LogP contribution in [0.2, 0.25) is 0 Å². The molecule has 0 unspecified atom stereocenters. The Balaban J connectivity index is 1.97. The van der Waals surface area contributed by atoms with E-state index in [9.17, 15) is 4.79 Å². The zero-order valence-corrected chi connectivity index (χ0v) is 14.4. The van der Waals surface area contributed by atoms with Crippen molar-refractivity contribution in [3.8, 4) is 0 Å². The molecule has 24 heavy (non-hydrogen) atoms. The van der Waals surface area contributed by atoms with Crippen molar-refractivity contribution < 1.29 is 4.79 Å². The molecule has 2 aliphatic heterocycles. The summed E-state index contributed by atoms with van der Waals surface area (Å²) in [7, 11) is 0. The first kappa shape index (κ1) is 15.0. The molecule has 1 fully saturated rings. The van der Waals surface area contributed by atoms with E-state index >= 15 is 0 Å². The number of carbonyl (C=O) groups excluding carboxylic acids is 1. The Hall–Kier alpha value is -2.55. The smallest absolute Gasteiger partial charge is 0.243 e. The highest BCUT2D eigenvalue weighted by Gasteiger charge is 2.42. The number of nitrogens with zero attached hydrogens (tertiary/aromatic N) is 2. The van der Waals surface area contributed by atoms with E-state index in [1.54, 1.807) is 0 Å². The molecule has 0 N–H and O–H groups in total. The summed E-state index contributed by atoms with van der Waals surface area (Å²) in [6.07, 6.45) is 2.81. The van der Waals surface area contributed by atoms with E-state index in [0.717, 1.165) is 12.2 Å². The molecule has 3 heteroatoms. The van der Waals surface area contributed by atoms with Crippen molar-refractivity contribution in [2.75, 3.05) is 11.6 Å². The number of anilines is 1. The molecule has 0 aliphatic carbocycles. The van der Waals surface area contributed by atoms with E-state index in [2.05, 4.69) is 74.3 Å². The van der Waals surface area contributed by atoms with Gasteiger partial charge < -0.3 is 0 Å². The largest absolute Gasteiger partial charge is 0.281 e. The van der Waals surface area contributed by atoms with Crippen LogP contribution in [0, 0.1) is 6.92 Å². The highest BCUT2D eigenvalue weighted by atomic mass is 16.2. The van der Waals surface area contributed by atoms with Crippen LogP contribution in [0.1, 0.15) is 37.0 Å². The third-order valence-corrected chi connectivity index (χ3v) is 4.89. The van der Waals surface area contributed by atoms with E-state index in [0.29, 0.717) is 6.42 Å². The minimum Gasteiger partial charge on any atom is -0.281 e. The van der Waals surface area contributed by atoms with Gasteiger partial charge >= 0.3 is 0 Å². The second kappa shape index (κ2) is 5.23. The average molecular weight is 318 g/mol. The molecule has 0 aromatic heterocycles. The average Bonchev–Trinajstić information content (AvgIpc) is 2.92.